The van der Waals surface area contributed by atoms with Crippen molar-refractivity contribution in [2.45, 2.75) is 33.2 Å². The van der Waals surface area contributed by atoms with Crippen molar-refractivity contribution in [1.82, 2.24) is 15.1 Å². The Bertz CT molecular complexity index is 424. The summed E-state index contributed by atoms with van der Waals surface area (Å²) in [6, 6.07) is 1.94. The lowest BCUT2D eigenvalue weighted by Gasteiger charge is -2.42. The number of aromatic nitrogens is 2. The van der Waals surface area contributed by atoms with E-state index in [0.29, 0.717) is 12.2 Å². The number of rotatable bonds is 1. The van der Waals surface area contributed by atoms with Crippen LogP contribution in [0.3, 0.4) is 0 Å². The van der Waals surface area contributed by atoms with Gasteiger partial charge in [-0.05, 0) is 24.8 Å². The number of hydrogen-bond acceptors (Lipinski definition) is 3. The third kappa shape index (κ3) is 2.34. The third-order valence-electron chi connectivity index (χ3n) is 3.52. The Labute approximate surface area is 101 Å². The Hall–Kier alpha value is -1.36. The summed E-state index contributed by atoms with van der Waals surface area (Å²) in [7, 11) is 0. The Balaban J connectivity index is 2.11. The molecule has 0 bridgehead atoms. The van der Waals surface area contributed by atoms with Crippen LogP contribution in [-0.2, 0) is 0 Å². The molecule has 1 unspecified atom stereocenters. The smallest absolute Gasteiger partial charge is 0.274 e. The zero-order valence-electron chi connectivity index (χ0n) is 10.7. The highest BCUT2D eigenvalue weighted by atomic mass is 16.2. The summed E-state index contributed by atoms with van der Waals surface area (Å²) in [5, 5.41) is 6.81. The first-order valence-corrected chi connectivity index (χ1v) is 5.97. The van der Waals surface area contributed by atoms with Crippen molar-refractivity contribution in [2.75, 3.05) is 13.1 Å². The molecule has 1 amide bonds. The molecule has 1 aliphatic heterocycles. The van der Waals surface area contributed by atoms with Gasteiger partial charge in [0.25, 0.3) is 5.91 Å². The van der Waals surface area contributed by atoms with Crippen LogP contribution in [0.5, 0.6) is 0 Å². The van der Waals surface area contributed by atoms with Gasteiger partial charge in [0.2, 0.25) is 0 Å². The first-order valence-electron chi connectivity index (χ1n) is 5.97. The molecule has 0 aliphatic carbocycles. The van der Waals surface area contributed by atoms with Gasteiger partial charge in [0.1, 0.15) is 5.69 Å². The Morgan fingerprint density at radius 1 is 1.65 bits per heavy atom. The van der Waals surface area contributed by atoms with E-state index in [9.17, 15) is 4.79 Å². The van der Waals surface area contributed by atoms with Gasteiger partial charge in [-0.1, -0.05) is 13.8 Å². The van der Waals surface area contributed by atoms with Crippen molar-refractivity contribution in [3.63, 3.8) is 0 Å². The fraction of sp³-hybridized carbons (Fsp3) is 0.667. The molecule has 0 radical (unpaired) electrons. The molecule has 0 spiro atoms. The molecule has 1 atom stereocenters. The van der Waals surface area contributed by atoms with Crippen LogP contribution in [0.2, 0.25) is 0 Å². The zero-order chi connectivity index (χ0) is 12.6. The van der Waals surface area contributed by atoms with Crippen LogP contribution in [0.15, 0.2) is 6.07 Å². The predicted octanol–water partition coefficient (Wildman–Crippen LogP) is 0.918. The van der Waals surface area contributed by atoms with E-state index < -0.39 is 0 Å². The van der Waals surface area contributed by atoms with Crippen LogP contribution in [-0.4, -0.2) is 40.1 Å². The summed E-state index contributed by atoms with van der Waals surface area (Å²) in [5.41, 5.74) is 7.43. The van der Waals surface area contributed by atoms with Gasteiger partial charge in [0.05, 0.1) is 0 Å². The number of amides is 1. The van der Waals surface area contributed by atoms with Crippen molar-refractivity contribution in [3.05, 3.63) is 17.5 Å². The van der Waals surface area contributed by atoms with E-state index in [-0.39, 0.29) is 17.4 Å². The molecule has 17 heavy (non-hydrogen) atoms. The molecule has 2 rings (SSSR count). The largest absolute Gasteiger partial charge is 0.337 e. The van der Waals surface area contributed by atoms with Crippen LogP contribution >= 0.6 is 0 Å². The number of carbonyl (C=O) groups excluding carboxylic acids is 1. The zero-order valence-corrected chi connectivity index (χ0v) is 10.7. The normalized spacial score (nSPS) is 23.8. The molecule has 5 nitrogen and oxygen atoms in total. The number of nitrogens with zero attached hydrogens (tertiary/aromatic N) is 2. The Kier molecular flexibility index (Phi) is 2.95. The number of nitrogens with one attached hydrogen (secondary N) is 1. The molecule has 1 fully saturated rings. The molecular weight excluding hydrogens is 216 g/mol. The van der Waals surface area contributed by atoms with E-state index in [4.69, 9.17) is 5.73 Å². The second-order valence-electron chi connectivity index (χ2n) is 5.55. The summed E-state index contributed by atoms with van der Waals surface area (Å²) < 4.78 is 0. The van der Waals surface area contributed by atoms with E-state index in [0.717, 1.165) is 18.7 Å². The molecule has 1 aromatic rings. The third-order valence-corrected chi connectivity index (χ3v) is 3.52. The number of nitrogens with two attached hydrogens (primary N) is 1. The highest BCUT2D eigenvalue weighted by Crippen LogP contribution is 2.28. The average molecular weight is 236 g/mol. The molecule has 1 aliphatic rings. The minimum absolute atomic E-state index is 0.00525. The van der Waals surface area contributed by atoms with Gasteiger partial charge in [-0.3, -0.25) is 9.89 Å². The van der Waals surface area contributed by atoms with E-state index in [1.807, 2.05) is 11.8 Å². The number of piperidine rings is 1. The molecule has 0 aromatic carbocycles. The lowest BCUT2D eigenvalue weighted by atomic mass is 9.79. The Morgan fingerprint density at radius 3 is 2.88 bits per heavy atom. The predicted molar refractivity (Wildman–Crippen MR) is 65.6 cm³/mol. The lowest BCUT2D eigenvalue weighted by Crippen LogP contribution is -2.54. The highest BCUT2D eigenvalue weighted by molar-refractivity contribution is 5.92. The molecule has 5 heteroatoms. The first kappa shape index (κ1) is 12.1. The van der Waals surface area contributed by atoms with Gasteiger partial charge in [-0.15, -0.1) is 0 Å². The maximum atomic E-state index is 12.2. The van der Waals surface area contributed by atoms with Gasteiger partial charge >= 0.3 is 0 Å². The van der Waals surface area contributed by atoms with Gasteiger partial charge in [0.15, 0.2) is 0 Å². The molecular formula is C12H20N4O. The van der Waals surface area contributed by atoms with Gasteiger partial charge in [0, 0.05) is 24.8 Å². The molecule has 1 saturated heterocycles. The van der Waals surface area contributed by atoms with Crippen molar-refractivity contribution >= 4 is 5.91 Å². The van der Waals surface area contributed by atoms with Crippen LogP contribution in [0.1, 0.15) is 36.5 Å². The van der Waals surface area contributed by atoms with E-state index in [1.165, 1.54) is 0 Å². The van der Waals surface area contributed by atoms with Crippen molar-refractivity contribution in [2.24, 2.45) is 11.1 Å². The number of hydrogen-bond donors (Lipinski definition) is 2. The second kappa shape index (κ2) is 4.14. The second-order valence-corrected chi connectivity index (χ2v) is 5.55. The average Bonchev–Trinajstić information content (AvgIpc) is 2.68. The van der Waals surface area contributed by atoms with Crippen LogP contribution < -0.4 is 5.73 Å². The SMILES string of the molecule is Cc1cc(C(=O)N2CCC(N)C(C)(C)C2)n[nH]1. The molecule has 3 N–H and O–H groups in total. The molecule has 94 valence electrons. The standard InChI is InChI=1S/C12H20N4O/c1-8-6-9(15-14-8)11(17)16-5-4-10(13)12(2,3)7-16/h6,10H,4-5,7,13H2,1-3H3,(H,14,15). The summed E-state index contributed by atoms with van der Waals surface area (Å²) >= 11 is 0. The fourth-order valence-electron chi connectivity index (χ4n) is 2.24. The number of carbonyl (C=O) groups is 1. The van der Waals surface area contributed by atoms with Gasteiger partial charge in [-0.2, -0.15) is 5.10 Å². The number of H-pyrrole nitrogens is 1. The topological polar surface area (TPSA) is 75.0 Å². The number of likely N-dealkylation sites (tertiary alicyclic amines) is 1. The van der Waals surface area contributed by atoms with Crippen molar-refractivity contribution < 1.29 is 4.79 Å². The fourth-order valence-corrected chi connectivity index (χ4v) is 2.24. The monoisotopic (exact) mass is 236 g/mol. The molecule has 0 saturated carbocycles. The van der Waals surface area contributed by atoms with Crippen LogP contribution in [0.25, 0.3) is 0 Å². The summed E-state index contributed by atoms with van der Waals surface area (Å²) in [5.74, 6) is -0.00525. The molecule has 2 heterocycles. The van der Waals surface area contributed by atoms with E-state index in [1.54, 1.807) is 6.07 Å². The quantitative estimate of drug-likeness (QED) is 0.761. The maximum absolute atomic E-state index is 12.2. The molecule has 1 aromatic heterocycles. The van der Waals surface area contributed by atoms with Crippen molar-refractivity contribution in [3.8, 4) is 0 Å². The number of aromatic amines is 1. The minimum atomic E-state index is -0.0285. The number of aryl methyl sites for hydroxylation is 1. The van der Waals surface area contributed by atoms with Crippen molar-refractivity contribution in [1.29, 1.82) is 0 Å². The van der Waals surface area contributed by atoms with Crippen LogP contribution in [0, 0.1) is 12.3 Å². The van der Waals surface area contributed by atoms with E-state index in [2.05, 4.69) is 24.0 Å². The van der Waals surface area contributed by atoms with Crippen LogP contribution in [0.4, 0.5) is 0 Å². The first-order chi connectivity index (χ1) is 7.90. The summed E-state index contributed by atoms with van der Waals surface area (Å²) in [4.78, 5) is 14.1. The summed E-state index contributed by atoms with van der Waals surface area (Å²) in [6.45, 7) is 7.51. The Morgan fingerprint density at radius 2 is 2.35 bits per heavy atom. The highest BCUT2D eigenvalue weighted by Gasteiger charge is 2.35. The van der Waals surface area contributed by atoms with Gasteiger partial charge in [-0.25, -0.2) is 0 Å². The summed E-state index contributed by atoms with van der Waals surface area (Å²) in [6.07, 6.45) is 0.849. The van der Waals surface area contributed by atoms with Gasteiger partial charge < -0.3 is 10.6 Å². The lowest BCUT2D eigenvalue weighted by molar-refractivity contribution is 0.0527. The minimum Gasteiger partial charge on any atom is -0.337 e. The van der Waals surface area contributed by atoms with E-state index >= 15 is 0 Å². The maximum Gasteiger partial charge on any atom is 0.274 e.